The summed E-state index contributed by atoms with van der Waals surface area (Å²) in [5, 5.41) is 0. The molecule has 62 heavy (non-hydrogen) atoms. The average Bonchev–Trinajstić information content (AvgIpc) is 3.35. The number of halogens is 2. The smallest absolute Gasteiger partial charge is 0.0175 e. The first-order valence-electron chi connectivity index (χ1n) is 20.8. The lowest BCUT2D eigenvalue weighted by atomic mass is 9.91. The van der Waals surface area contributed by atoms with E-state index in [1.807, 2.05) is 0 Å². The van der Waals surface area contributed by atoms with Crippen molar-refractivity contribution >= 4 is 31.9 Å². The summed E-state index contributed by atoms with van der Waals surface area (Å²) in [5.74, 6) is 0. The molecule has 0 fully saturated rings. The molecule has 0 aliphatic heterocycles. The molecule has 0 saturated heterocycles. The highest BCUT2D eigenvalue weighted by atomic mass is 79.9. The summed E-state index contributed by atoms with van der Waals surface area (Å²) >= 11 is 7.24. The van der Waals surface area contributed by atoms with Crippen LogP contribution in [-0.4, -0.2) is 0 Å². The van der Waals surface area contributed by atoms with Crippen LogP contribution in [0.4, 0.5) is 0 Å². The number of rotatable bonds is 9. The van der Waals surface area contributed by atoms with Crippen molar-refractivity contribution in [3.05, 3.63) is 252 Å². The molecule has 0 unspecified atom stereocenters. The standard InChI is InChI=1S/C60H40Br2/c61-59-31-27-51(28-32-59)57-37-53(47-19-11-43(12-20-47)41-7-3-1-4-8-41)35-55(39-57)49-23-15-45(16-24-49)46-17-25-50(26-18-46)56-36-54(38-58(40-56)52-29-33-60(62)34-30-52)48-21-13-44(14-22-48)42-9-5-2-6-10-42/h1-40H. The first-order chi connectivity index (χ1) is 30.5. The van der Waals surface area contributed by atoms with Crippen molar-refractivity contribution in [1.29, 1.82) is 0 Å². The molecule has 0 heterocycles. The maximum absolute atomic E-state index is 3.62. The molecular weight excluding hydrogens is 880 g/mol. The van der Waals surface area contributed by atoms with E-state index in [4.69, 9.17) is 0 Å². The lowest BCUT2D eigenvalue weighted by Gasteiger charge is -2.13. The molecule has 10 aromatic carbocycles. The molecular formula is C60H40Br2. The number of hydrogen-bond acceptors (Lipinski definition) is 0. The fraction of sp³-hybridized carbons (Fsp3) is 0. The van der Waals surface area contributed by atoms with Crippen molar-refractivity contribution in [1.82, 2.24) is 0 Å². The van der Waals surface area contributed by atoms with E-state index in [2.05, 4.69) is 275 Å². The van der Waals surface area contributed by atoms with Crippen LogP contribution >= 0.6 is 31.9 Å². The van der Waals surface area contributed by atoms with Gasteiger partial charge >= 0.3 is 0 Å². The fourth-order valence-corrected chi connectivity index (χ4v) is 8.75. The quantitative estimate of drug-likeness (QED) is 0.135. The maximum Gasteiger partial charge on any atom is 0.0175 e. The Hall–Kier alpha value is -6.84. The zero-order valence-corrected chi connectivity index (χ0v) is 37.0. The summed E-state index contributed by atoms with van der Waals surface area (Å²) in [6.45, 7) is 0. The highest BCUT2D eigenvalue weighted by Gasteiger charge is 2.12. The van der Waals surface area contributed by atoms with Crippen LogP contribution in [0.2, 0.25) is 0 Å². The Balaban J connectivity index is 0.952. The Morgan fingerprint density at radius 1 is 0.145 bits per heavy atom. The van der Waals surface area contributed by atoms with Gasteiger partial charge in [-0.2, -0.15) is 0 Å². The van der Waals surface area contributed by atoms with Gasteiger partial charge in [0.1, 0.15) is 0 Å². The zero-order valence-electron chi connectivity index (χ0n) is 33.8. The van der Waals surface area contributed by atoms with Gasteiger partial charge in [-0.3, -0.25) is 0 Å². The van der Waals surface area contributed by atoms with E-state index in [0.717, 1.165) is 8.95 Å². The van der Waals surface area contributed by atoms with Crippen molar-refractivity contribution in [3.63, 3.8) is 0 Å². The van der Waals surface area contributed by atoms with E-state index in [1.54, 1.807) is 0 Å². The van der Waals surface area contributed by atoms with Crippen LogP contribution in [0.1, 0.15) is 0 Å². The van der Waals surface area contributed by atoms with Gasteiger partial charge in [0.2, 0.25) is 0 Å². The van der Waals surface area contributed by atoms with Crippen molar-refractivity contribution in [2.75, 3.05) is 0 Å². The first-order valence-corrected chi connectivity index (χ1v) is 22.4. The molecule has 10 rings (SSSR count). The Labute approximate surface area is 381 Å². The summed E-state index contributed by atoms with van der Waals surface area (Å²) in [7, 11) is 0. The molecule has 2 heteroatoms. The van der Waals surface area contributed by atoms with Gasteiger partial charge < -0.3 is 0 Å². The summed E-state index contributed by atoms with van der Waals surface area (Å²) < 4.78 is 2.14. The fourth-order valence-electron chi connectivity index (χ4n) is 8.22. The van der Waals surface area contributed by atoms with Crippen LogP contribution in [0.15, 0.2) is 252 Å². The summed E-state index contributed by atoms with van der Waals surface area (Å²) in [6.07, 6.45) is 0. The minimum atomic E-state index is 1.07. The molecule has 0 aromatic heterocycles. The molecule has 0 N–H and O–H groups in total. The highest BCUT2D eigenvalue weighted by molar-refractivity contribution is 9.10. The molecule has 0 aliphatic rings. The third-order valence-corrected chi connectivity index (χ3v) is 12.7. The summed E-state index contributed by atoms with van der Waals surface area (Å²) in [5.41, 5.74) is 21.5. The predicted octanol–water partition coefficient (Wildman–Crippen LogP) is 18.2. The van der Waals surface area contributed by atoms with Crippen molar-refractivity contribution in [2.24, 2.45) is 0 Å². The summed E-state index contributed by atoms with van der Waals surface area (Å²) in [6, 6.07) is 88.0. The normalized spacial score (nSPS) is 11.1. The van der Waals surface area contributed by atoms with Crippen LogP contribution in [0.5, 0.6) is 0 Å². The zero-order chi connectivity index (χ0) is 41.8. The van der Waals surface area contributed by atoms with Crippen molar-refractivity contribution < 1.29 is 0 Å². The largest absolute Gasteiger partial charge is 0.0622 e. The second-order valence-electron chi connectivity index (χ2n) is 15.7. The highest BCUT2D eigenvalue weighted by Crippen LogP contribution is 2.38. The monoisotopic (exact) mass is 918 g/mol. The van der Waals surface area contributed by atoms with Crippen LogP contribution in [0.3, 0.4) is 0 Å². The Morgan fingerprint density at radius 3 is 0.484 bits per heavy atom. The van der Waals surface area contributed by atoms with Crippen LogP contribution in [0, 0.1) is 0 Å². The molecule has 0 amide bonds. The van der Waals surface area contributed by atoms with Crippen molar-refractivity contribution in [2.45, 2.75) is 0 Å². The van der Waals surface area contributed by atoms with Gasteiger partial charge in [-0.05, 0) is 161 Å². The molecule has 0 nitrogen and oxygen atoms in total. The molecule has 0 spiro atoms. The molecule has 0 aliphatic carbocycles. The molecule has 0 atom stereocenters. The second kappa shape index (κ2) is 17.6. The molecule has 0 saturated carbocycles. The van der Waals surface area contributed by atoms with E-state index in [-0.39, 0.29) is 0 Å². The third-order valence-electron chi connectivity index (χ3n) is 11.6. The Morgan fingerprint density at radius 2 is 0.290 bits per heavy atom. The Kier molecular flexibility index (Phi) is 11.2. The van der Waals surface area contributed by atoms with Gasteiger partial charge in [0.25, 0.3) is 0 Å². The number of benzene rings is 10. The molecule has 294 valence electrons. The molecule has 0 radical (unpaired) electrons. The van der Waals surface area contributed by atoms with E-state index in [0.29, 0.717) is 0 Å². The first kappa shape index (κ1) is 39.3. The Bertz CT molecular complexity index is 2880. The third kappa shape index (κ3) is 8.67. The molecule has 0 bridgehead atoms. The van der Waals surface area contributed by atoms with Gasteiger partial charge in [0.15, 0.2) is 0 Å². The van der Waals surface area contributed by atoms with E-state index in [1.165, 1.54) is 100 Å². The summed E-state index contributed by atoms with van der Waals surface area (Å²) in [4.78, 5) is 0. The SMILES string of the molecule is Brc1ccc(-c2cc(-c3ccc(-c4ccccc4)cc3)cc(-c3ccc(-c4ccc(-c5cc(-c6ccc(Br)cc6)cc(-c6ccc(-c7ccccc7)cc6)c5)cc4)cc3)c2)cc1. The van der Waals surface area contributed by atoms with Gasteiger partial charge in [0.05, 0.1) is 0 Å². The van der Waals surface area contributed by atoms with Crippen molar-refractivity contribution in [3.8, 4) is 100 Å². The van der Waals surface area contributed by atoms with E-state index < -0.39 is 0 Å². The minimum absolute atomic E-state index is 1.07. The van der Waals surface area contributed by atoms with E-state index in [9.17, 15) is 0 Å². The lowest BCUT2D eigenvalue weighted by Crippen LogP contribution is -1.88. The van der Waals surface area contributed by atoms with Crippen LogP contribution in [-0.2, 0) is 0 Å². The average molecular weight is 921 g/mol. The lowest BCUT2D eigenvalue weighted by molar-refractivity contribution is 1.54. The van der Waals surface area contributed by atoms with Gasteiger partial charge in [0, 0.05) is 8.95 Å². The van der Waals surface area contributed by atoms with Crippen LogP contribution < -0.4 is 0 Å². The minimum Gasteiger partial charge on any atom is -0.0622 e. The van der Waals surface area contributed by atoms with Gasteiger partial charge in [-0.25, -0.2) is 0 Å². The van der Waals surface area contributed by atoms with Crippen LogP contribution in [0.25, 0.3) is 100 Å². The topological polar surface area (TPSA) is 0 Å². The maximum atomic E-state index is 3.62. The van der Waals surface area contributed by atoms with E-state index >= 15 is 0 Å². The predicted molar refractivity (Wildman–Crippen MR) is 271 cm³/mol. The van der Waals surface area contributed by atoms with Gasteiger partial charge in [-0.1, -0.05) is 214 Å². The number of hydrogen-bond donors (Lipinski definition) is 0. The second-order valence-corrected chi connectivity index (χ2v) is 17.5. The molecule has 10 aromatic rings. The van der Waals surface area contributed by atoms with Gasteiger partial charge in [-0.15, -0.1) is 0 Å².